The third-order valence-corrected chi connectivity index (χ3v) is 6.94. The first-order chi connectivity index (χ1) is 11.7. The van der Waals surface area contributed by atoms with Crippen LogP contribution in [0.15, 0.2) is 30.3 Å². The SMILES string of the molecule is CCc1cc(C(=O)N2CCC[C@@H]2c2nc3ccccc3s2)sc1C. The Balaban J connectivity index is 1.65. The number of hydrogen-bond acceptors (Lipinski definition) is 4. The van der Waals surface area contributed by atoms with Crippen molar-refractivity contribution in [2.45, 2.75) is 39.2 Å². The van der Waals surface area contributed by atoms with E-state index in [-0.39, 0.29) is 11.9 Å². The minimum absolute atomic E-state index is 0.127. The van der Waals surface area contributed by atoms with Gasteiger partial charge in [-0.25, -0.2) is 4.98 Å². The number of amides is 1. The maximum Gasteiger partial charge on any atom is 0.264 e. The van der Waals surface area contributed by atoms with E-state index >= 15 is 0 Å². The van der Waals surface area contributed by atoms with Crippen molar-refractivity contribution in [2.75, 3.05) is 6.54 Å². The number of aromatic nitrogens is 1. The molecule has 1 aromatic carbocycles. The second-order valence-corrected chi connectivity index (χ2v) is 8.54. The third-order valence-electron chi connectivity index (χ3n) is 4.72. The monoisotopic (exact) mass is 356 g/mol. The van der Waals surface area contributed by atoms with Gasteiger partial charge in [-0.15, -0.1) is 22.7 Å². The Hall–Kier alpha value is -1.72. The molecule has 0 radical (unpaired) electrons. The largest absolute Gasteiger partial charge is 0.328 e. The van der Waals surface area contributed by atoms with Crippen molar-refractivity contribution in [3.63, 3.8) is 0 Å². The predicted octanol–water partition coefficient (Wildman–Crippen LogP) is 5.21. The Bertz CT molecular complexity index is 863. The number of hydrogen-bond donors (Lipinski definition) is 0. The molecule has 1 fully saturated rings. The fraction of sp³-hybridized carbons (Fsp3) is 0.368. The quantitative estimate of drug-likeness (QED) is 0.646. The molecule has 3 aromatic rings. The first-order valence-electron chi connectivity index (χ1n) is 8.43. The molecule has 1 aliphatic heterocycles. The molecule has 0 unspecified atom stereocenters. The molecule has 1 saturated heterocycles. The number of nitrogens with zero attached hydrogens (tertiary/aromatic N) is 2. The summed E-state index contributed by atoms with van der Waals surface area (Å²) < 4.78 is 1.20. The van der Waals surface area contributed by atoms with Gasteiger partial charge in [0.25, 0.3) is 5.91 Å². The van der Waals surface area contributed by atoms with Crippen LogP contribution in [0.25, 0.3) is 10.2 Å². The predicted molar refractivity (Wildman–Crippen MR) is 101 cm³/mol. The standard InChI is InChI=1S/C19H20N2OS2/c1-3-13-11-17(23-12(13)2)19(22)21-10-6-8-15(21)18-20-14-7-4-5-9-16(14)24-18/h4-5,7,9,11,15H,3,6,8,10H2,1-2H3/t15-/m1/s1. The summed E-state index contributed by atoms with van der Waals surface area (Å²) in [5.41, 5.74) is 2.33. The number of carbonyl (C=O) groups is 1. The van der Waals surface area contributed by atoms with E-state index in [2.05, 4.69) is 26.0 Å². The first-order valence-corrected chi connectivity index (χ1v) is 10.1. The van der Waals surface area contributed by atoms with E-state index in [0.717, 1.165) is 41.2 Å². The second-order valence-electron chi connectivity index (χ2n) is 6.22. The number of thiazole rings is 1. The molecule has 1 amide bonds. The Morgan fingerprint density at radius 2 is 2.17 bits per heavy atom. The highest BCUT2D eigenvalue weighted by atomic mass is 32.1. The van der Waals surface area contributed by atoms with Gasteiger partial charge in [0.2, 0.25) is 0 Å². The number of benzene rings is 1. The van der Waals surface area contributed by atoms with E-state index < -0.39 is 0 Å². The summed E-state index contributed by atoms with van der Waals surface area (Å²) in [6.45, 7) is 5.08. The van der Waals surface area contributed by atoms with Gasteiger partial charge in [-0.3, -0.25) is 4.79 Å². The number of para-hydroxylation sites is 1. The van der Waals surface area contributed by atoms with Crippen LogP contribution in [0.1, 0.15) is 50.9 Å². The Morgan fingerprint density at radius 3 is 2.92 bits per heavy atom. The molecule has 0 saturated carbocycles. The molecule has 5 heteroatoms. The van der Waals surface area contributed by atoms with Gasteiger partial charge in [-0.2, -0.15) is 0 Å². The lowest BCUT2D eigenvalue weighted by Gasteiger charge is -2.22. The lowest BCUT2D eigenvalue weighted by Crippen LogP contribution is -2.29. The normalized spacial score (nSPS) is 17.8. The highest BCUT2D eigenvalue weighted by Crippen LogP contribution is 2.38. The van der Waals surface area contributed by atoms with Crippen LogP contribution < -0.4 is 0 Å². The topological polar surface area (TPSA) is 33.2 Å². The van der Waals surface area contributed by atoms with Crippen molar-refractivity contribution in [1.82, 2.24) is 9.88 Å². The molecule has 4 rings (SSSR count). The summed E-state index contributed by atoms with van der Waals surface area (Å²) in [5, 5.41) is 1.08. The summed E-state index contributed by atoms with van der Waals surface area (Å²) in [7, 11) is 0. The number of aryl methyl sites for hydroxylation is 2. The Morgan fingerprint density at radius 1 is 1.33 bits per heavy atom. The third kappa shape index (κ3) is 2.66. The molecule has 124 valence electrons. The molecule has 3 nitrogen and oxygen atoms in total. The van der Waals surface area contributed by atoms with Crippen LogP contribution in [0.5, 0.6) is 0 Å². The highest BCUT2D eigenvalue weighted by Gasteiger charge is 2.33. The minimum Gasteiger partial charge on any atom is -0.328 e. The Labute approximate surface area is 150 Å². The van der Waals surface area contributed by atoms with E-state index in [1.165, 1.54) is 15.1 Å². The zero-order valence-corrected chi connectivity index (χ0v) is 15.5. The van der Waals surface area contributed by atoms with Gasteiger partial charge in [0.05, 0.1) is 21.1 Å². The molecular weight excluding hydrogens is 336 g/mol. The molecule has 24 heavy (non-hydrogen) atoms. The number of carbonyl (C=O) groups excluding carboxylic acids is 1. The van der Waals surface area contributed by atoms with Crippen molar-refractivity contribution in [2.24, 2.45) is 0 Å². The second kappa shape index (κ2) is 6.30. The molecule has 0 bridgehead atoms. The van der Waals surface area contributed by atoms with E-state index in [9.17, 15) is 4.79 Å². The number of fused-ring (bicyclic) bond motifs is 1. The van der Waals surface area contributed by atoms with Gasteiger partial charge in [0, 0.05) is 11.4 Å². The van der Waals surface area contributed by atoms with Crippen LogP contribution in [-0.4, -0.2) is 22.3 Å². The number of thiophene rings is 1. The van der Waals surface area contributed by atoms with Crippen LogP contribution in [0.4, 0.5) is 0 Å². The van der Waals surface area contributed by atoms with E-state index in [1.807, 2.05) is 23.1 Å². The van der Waals surface area contributed by atoms with Crippen LogP contribution in [0.2, 0.25) is 0 Å². The molecule has 1 aliphatic rings. The summed E-state index contributed by atoms with van der Waals surface area (Å²) in [5.74, 6) is 0.171. The zero-order valence-electron chi connectivity index (χ0n) is 13.9. The fourth-order valence-corrected chi connectivity index (χ4v) is 5.60. The van der Waals surface area contributed by atoms with Crippen molar-refractivity contribution < 1.29 is 4.79 Å². The summed E-state index contributed by atoms with van der Waals surface area (Å²) in [6, 6.07) is 10.4. The first kappa shape index (κ1) is 15.8. The lowest BCUT2D eigenvalue weighted by atomic mass is 10.2. The van der Waals surface area contributed by atoms with E-state index in [4.69, 9.17) is 4.98 Å². The van der Waals surface area contributed by atoms with Crippen molar-refractivity contribution in [3.05, 3.63) is 50.7 Å². The van der Waals surface area contributed by atoms with Gasteiger partial charge >= 0.3 is 0 Å². The maximum atomic E-state index is 13.0. The van der Waals surface area contributed by atoms with Gasteiger partial charge in [-0.05, 0) is 49.9 Å². The van der Waals surface area contributed by atoms with Crippen molar-refractivity contribution in [3.8, 4) is 0 Å². The fourth-order valence-electron chi connectivity index (χ4n) is 3.42. The van der Waals surface area contributed by atoms with Crippen molar-refractivity contribution in [1.29, 1.82) is 0 Å². The molecule has 3 heterocycles. The van der Waals surface area contributed by atoms with Gasteiger partial charge in [-0.1, -0.05) is 19.1 Å². The minimum atomic E-state index is 0.127. The average molecular weight is 357 g/mol. The summed E-state index contributed by atoms with van der Waals surface area (Å²) in [4.78, 5) is 22.0. The number of likely N-dealkylation sites (tertiary alicyclic amines) is 1. The lowest BCUT2D eigenvalue weighted by molar-refractivity contribution is 0.0740. The van der Waals surface area contributed by atoms with E-state index in [0.29, 0.717) is 0 Å². The van der Waals surface area contributed by atoms with E-state index in [1.54, 1.807) is 22.7 Å². The van der Waals surface area contributed by atoms with Crippen LogP contribution in [0.3, 0.4) is 0 Å². The highest BCUT2D eigenvalue weighted by molar-refractivity contribution is 7.18. The molecule has 1 atom stereocenters. The van der Waals surface area contributed by atoms with Crippen LogP contribution in [-0.2, 0) is 6.42 Å². The molecule has 0 N–H and O–H groups in total. The molecule has 0 aliphatic carbocycles. The molecule has 2 aromatic heterocycles. The summed E-state index contributed by atoms with van der Waals surface area (Å²) >= 11 is 3.35. The zero-order chi connectivity index (χ0) is 16.7. The number of rotatable bonds is 3. The van der Waals surface area contributed by atoms with Crippen molar-refractivity contribution >= 4 is 38.8 Å². The van der Waals surface area contributed by atoms with Gasteiger partial charge in [0.15, 0.2) is 0 Å². The van der Waals surface area contributed by atoms with Crippen LogP contribution >= 0.6 is 22.7 Å². The smallest absolute Gasteiger partial charge is 0.264 e. The van der Waals surface area contributed by atoms with Gasteiger partial charge in [0.1, 0.15) is 5.01 Å². The van der Waals surface area contributed by atoms with Crippen LogP contribution in [0, 0.1) is 6.92 Å². The summed E-state index contributed by atoms with van der Waals surface area (Å²) in [6.07, 6.45) is 3.05. The Kier molecular flexibility index (Phi) is 4.14. The van der Waals surface area contributed by atoms with Gasteiger partial charge < -0.3 is 4.90 Å². The molecular formula is C19H20N2OS2. The average Bonchev–Trinajstić information content (AvgIpc) is 3.30. The molecule has 0 spiro atoms. The maximum absolute atomic E-state index is 13.0.